The van der Waals surface area contributed by atoms with Crippen LogP contribution in [0.3, 0.4) is 0 Å². The van der Waals surface area contributed by atoms with E-state index in [9.17, 15) is 8.42 Å². The standard InChI is InChI=1S/C8H16BrNO2S/c1-13(11,12)6-2-4-10-5-3-8(9)7-10/h8H,2-7H2,1H3. The Morgan fingerprint density at radius 2 is 2.23 bits per heavy atom. The van der Waals surface area contributed by atoms with E-state index in [0.29, 0.717) is 10.6 Å². The van der Waals surface area contributed by atoms with E-state index in [1.54, 1.807) is 0 Å². The molecule has 1 aliphatic heterocycles. The maximum absolute atomic E-state index is 10.8. The Kier molecular flexibility index (Phi) is 4.19. The van der Waals surface area contributed by atoms with Gasteiger partial charge in [0.25, 0.3) is 0 Å². The average molecular weight is 270 g/mol. The predicted octanol–water partition coefficient (Wildman–Crippen LogP) is 0.890. The number of likely N-dealkylation sites (tertiary alicyclic amines) is 1. The minimum absolute atomic E-state index is 0.316. The van der Waals surface area contributed by atoms with Gasteiger partial charge in [-0.15, -0.1) is 0 Å². The van der Waals surface area contributed by atoms with Crippen LogP contribution >= 0.6 is 15.9 Å². The summed E-state index contributed by atoms with van der Waals surface area (Å²) in [5.41, 5.74) is 0. The first-order chi connectivity index (χ1) is 5.97. The number of nitrogens with zero attached hydrogens (tertiary/aromatic N) is 1. The second-order valence-electron chi connectivity index (χ2n) is 3.67. The van der Waals surface area contributed by atoms with Gasteiger partial charge in [-0.1, -0.05) is 15.9 Å². The third-order valence-corrected chi connectivity index (χ3v) is 3.98. The molecule has 1 unspecified atom stereocenters. The fourth-order valence-corrected chi connectivity index (χ4v) is 2.81. The van der Waals surface area contributed by atoms with Gasteiger partial charge < -0.3 is 4.90 Å². The van der Waals surface area contributed by atoms with Crippen LogP contribution in [-0.4, -0.2) is 49.8 Å². The molecule has 5 heteroatoms. The molecule has 0 radical (unpaired) electrons. The highest BCUT2D eigenvalue weighted by atomic mass is 79.9. The van der Waals surface area contributed by atoms with Crippen molar-refractivity contribution in [1.82, 2.24) is 4.90 Å². The van der Waals surface area contributed by atoms with Gasteiger partial charge in [0, 0.05) is 17.6 Å². The Balaban J connectivity index is 2.14. The number of alkyl halides is 1. The third-order valence-electron chi connectivity index (χ3n) is 2.20. The van der Waals surface area contributed by atoms with Crippen LogP contribution in [-0.2, 0) is 9.84 Å². The SMILES string of the molecule is CS(=O)(=O)CCCN1CCC(Br)C1. The lowest BCUT2D eigenvalue weighted by atomic mass is 10.4. The molecular formula is C8H16BrNO2S. The Morgan fingerprint density at radius 1 is 1.54 bits per heavy atom. The lowest BCUT2D eigenvalue weighted by Gasteiger charge is -2.13. The fraction of sp³-hybridized carbons (Fsp3) is 1.00. The molecule has 1 aliphatic rings. The molecule has 1 rings (SSSR count). The molecule has 13 heavy (non-hydrogen) atoms. The van der Waals surface area contributed by atoms with E-state index in [-0.39, 0.29) is 0 Å². The van der Waals surface area contributed by atoms with Crippen molar-refractivity contribution in [1.29, 1.82) is 0 Å². The molecule has 1 atom stereocenters. The highest BCUT2D eigenvalue weighted by Crippen LogP contribution is 2.16. The van der Waals surface area contributed by atoms with Gasteiger partial charge in [-0.3, -0.25) is 0 Å². The largest absolute Gasteiger partial charge is 0.302 e. The van der Waals surface area contributed by atoms with Crippen LogP contribution in [0.5, 0.6) is 0 Å². The van der Waals surface area contributed by atoms with Crippen LogP contribution in [0.25, 0.3) is 0 Å². The minimum atomic E-state index is -2.77. The number of hydrogen-bond acceptors (Lipinski definition) is 3. The average Bonchev–Trinajstić information content (AvgIpc) is 2.33. The molecule has 3 nitrogen and oxygen atoms in total. The van der Waals surface area contributed by atoms with Crippen molar-refractivity contribution < 1.29 is 8.42 Å². The van der Waals surface area contributed by atoms with Crippen LogP contribution in [0.1, 0.15) is 12.8 Å². The second kappa shape index (κ2) is 4.75. The van der Waals surface area contributed by atoms with Gasteiger partial charge in [-0.05, 0) is 25.9 Å². The first-order valence-electron chi connectivity index (χ1n) is 4.51. The maximum atomic E-state index is 10.8. The highest BCUT2D eigenvalue weighted by Gasteiger charge is 2.19. The van der Waals surface area contributed by atoms with Crippen LogP contribution in [0, 0.1) is 0 Å². The van der Waals surface area contributed by atoms with Gasteiger partial charge in [-0.25, -0.2) is 8.42 Å². The van der Waals surface area contributed by atoms with Crippen molar-refractivity contribution in [2.75, 3.05) is 31.6 Å². The van der Waals surface area contributed by atoms with Crippen molar-refractivity contribution in [2.24, 2.45) is 0 Å². The van der Waals surface area contributed by atoms with Crippen LogP contribution in [0.4, 0.5) is 0 Å². The molecule has 0 aromatic carbocycles. The summed E-state index contributed by atoms with van der Waals surface area (Å²) in [5.74, 6) is 0.316. The fourth-order valence-electron chi connectivity index (χ4n) is 1.54. The Hall–Kier alpha value is 0.390. The second-order valence-corrected chi connectivity index (χ2v) is 7.22. The molecule has 0 spiro atoms. The van der Waals surface area contributed by atoms with E-state index in [0.717, 1.165) is 26.1 Å². The predicted molar refractivity (Wildman–Crippen MR) is 58.1 cm³/mol. The monoisotopic (exact) mass is 269 g/mol. The zero-order chi connectivity index (χ0) is 9.90. The van der Waals surface area contributed by atoms with Crippen molar-refractivity contribution in [3.63, 3.8) is 0 Å². The smallest absolute Gasteiger partial charge is 0.147 e. The summed E-state index contributed by atoms with van der Waals surface area (Å²) >= 11 is 3.55. The highest BCUT2D eigenvalue weighted by molar-refractivity contribution is 9.09. The lowest BCUT2D eigenvalue weighted by Crippen LogP contribution is -2.23. The summed E-state index contributed by atoms with van der Waals surface area (Å²) in [6, 6.07) is 0. The molecule has 0 N–H and O–H groups in total. The Bertz CT molecular complexity index is 253. The van der Waals surface area contributed by atoms with Gasteiger partial charge in [0.1, 0.15) is 9.84 Å². The van der Waals surface area contributed by atoms with Crippen molar-refractivity contribution in [3.8, 4) is 0 Å². The van der Waals surface area contributed by atoms with E-state index < -0.39 is 9.84 Å². The minimum Gasteiger partial charge on any atom is -0.302 e. The number of sulfone groups is 1. The zero-order valence-electron chi connectivity index (χ0n) is 7.87. The van der Waals surface area contributed by atoms with E-state index in [1.165, 1.54) is 12.7 Å². The molecule has 0 amide bonds. The van der Waals surface area contributed by atoms with Gasteiger partial charge in [0.2, 0.25) is 0 Å². The summed E-state index contributed by atoms with van der Waals surface area (Å²) < 4.78 is 21.7. The van der Waals surface area contributed by atoms with Crippen molar-refractivity contribution in [3.05, 3.63) is 0 Å². The molecule has 0 aromatic rings. The van der Waals surface area contributed by atoms with Crippen molar-refractivity contribution in [2.45, 2.75) is 17.7 Å². The molecular weight excluding hydrogens is 254 g/mol. The Morgan fingerprint density at radius 3 is 2.69 bits per heavy atom. The van der Waals surface area contributed by atoms with Gasteiger partial charge in [0.05, 0.1) is 5.75 Å². The summed E-state index contributed by atoms with van der Waals surface area (Å²) in [5, 5.41) is 0. The number of rotatable bonds is 4. The van der Waals surface area contributed by atoms with Gasteiger partial charge >= 0.3 is 0 Å². The van der Waals surface area contributed by atoms with Crippen LogP contribution in [0.2, 0.25) is 0 Å². The van der Waals surface area contributed by atoms with E-state index in [4.69, 9.17) is 0 Å². The maximum Gasteiger partial charge on any atom is 0.147 e. The first-order valence-corrected chi connectivity index (χ1v) is 7.49. The first kappa shape index (κ1) is 11.5. The molecule has 0 aromatic heterocycles. The topological polar surface area (TPSA) is 37.4 Å². The van der Waals surface area contributed by atoms with Gasteiger partial charge in [0.15, 0.2) is 0 Å². The van der Waals surface area contributed by atoms with E-state index >= 15 is 0 Å². The lowest BCUT2D eigenvalue weighted by molar-refractivity contribution is 0.341. The number of hydrogen-bond donors (Lipinski definition) is 0. The summed E-state index contributed by atoms with van der Waals surface area (Å²) in [4.78, 5) is 2.91. The zero-order valence-corrected chi connectivity index (χ0v) is 10.3. The van der Waals surface area contributed by atoms with Crippen LogP contribution < -0.4 is 0 Å². The summed E-state index contributed by atoms with van der Waals surface area (Å²) in [7, 11) is -2.77. The quantitative estimate of drug-likeness (QED) is 0.712. The molecule has 1 heterocycles. The summed E-state index contributed by atoms with van der Waals surface area (Å²) in [6.45, 7) is 3.07. The molecule has 78 valence electrons. The normalized spacial score (nSPS) is 25.2. The number of halogens is 1. The summed E-state index contributed by atoms with van der Waals surface area (Å²) in [6.07, 6.45) is 3.24. The van der Waals surface area contributed by atoms with Crippen LogP contribution in [0.15, 0.2) is 0 Å². The molecule has 0 bridgehead atoms. The van der Waals surface area contributed by atoms with E-state index in [1.807, 2.05) is 0 Å². The van der Waals surface area contributed by atoms with Gasteiger partial charge in [-0.2, -0.15) is 0 Å². The van der Waals surface area contributed by atoms with Crippen molar-refractivity contribution >= 4 is 25.8 Å². The molecule has 0 saturated carbocycles. The third kappa shape index (κ3) is 4.98. The molecule has 1 fully saturated rings. The van der Waals surface area contributed by atoms with E-state index in [2.05, 4.69) is 20.8 Å². The molecule has 0 aliphatic carbocycles. The molecule has 1 saturated heterocycles. The Labute approximate surface area is 88.5 Å².